The highest BCUT2D eigenvalue weighted by atomic mass is 32.2. The second kappa shape index (κ2) is 11.3. The van der Waals surface area contributed by atoms with Crippen LogP contribution >= 0.6 is 0 Å². The van der Waals surface area contributed by atoms with E-state index in [2.05, 4.69) is 47.5 Å². The van der Waals surface area contributed by atoms with E-state index in [1.54, 1.807) is 0 Å². The second-order valence-corrected chi connectivity index (χ2v) is 11.8. The number of hydrogen-bond donors (Lipinski definition) is 0. The fraction of sp³-hybridized carbons (Fsp3) is 0.484. The van der Waals surface area contributed by atoms with Gasteiger partial charge >= 0.3 is 10.6 Å². The quantitative estimate of drug-likeness (QED) is 0.507. The van der Waals surface area contributed by atoms with Crippen molar-refractivity contribution in [2.24, 2.45) is 0 Å². The predicted molar refractivity (Wildman–Crippen MR) is 154 cm³/mol. The number of benzene rings is 2. The van der Waals surface area contributed by atoms with E-state index >= 15 is 0 Å². The maximum absolute atomic E-state index is 13.9. The summed E-state index contributed by atoms with van der Waals surface area (Å²) in [4.78, 5) is 22.7. The first-order chi connectivity index (χ1) is 19.1. The first-order valence-electron chi connectivity index (χ1n) is 14.0. The van der Waals surface area contributed by atoms with Crippen molar-refractivity contribution in [3.63, 3.8) is 0 Å². The molecule has 0 N–H and O–H groups in total. The lowest BCUT2D eigenvalue weighted by Crippen LogP contribution is -2.49. The topological polar surface area (TPSA) is 88.3 Å². The van der Waals surface area contributed by atoms with Crippen molar-refractivity contribution in [3.05, 3.63) is 75.1 Å². The Morgan fingerprint density at radius 3 is 2.33 bits per heavy atom. The van der Waals surface area contributed by atoms with Gasteiger partial charge in [0.2, 0.25) is 0 Å². The summed E-state index contributed by atoms with van der Waals surface area (Å²) in [5.74, 6) is 0.154. The van der Waals surface area contributed by atoms with Gasteiger partial charge in [-0.2, -0.15) is 0 Å². The van der Waals surface area contributed by atoms with Gasteiger partial charge in [0, 0.05) is 54.5 Å². The van der Waals surface area contributed by atoms with E-state index < -0.39 is 10.6 Å². The largest absolute Gasteiger partial charge is 0.425 e. The van der Waals surface area contributed by atoms with E-state index in [9.17, 15) is 4.79 Å². The minimum absolute atomic E-state index is 0.154. The molecule has 210 valence electrons. The Hall–Kier alpha value is -3.32. The molecule has 0 aromatic heterocycles. The summed E-state index contributed by atoms with van der Waals surface area (Å²) in [6.45, 7) is 20.1. The number of fused-ring (bicyclic) bond motifs is 3. The number of hydrogen-bond acceptors (Lipinski definition) is 7. The van der Waals surface area contributed by atoms with Crippen molar-refractivity contribution < 1.29 is 22.2 Å². The summed E-state index contributed by atoms with van der Waals surface area (Å²) in [5, 5.41) is 0. The Bertz CT molecular complexity index is 1520. The third-order valence-corrected chi connectivity index (χ3v) is 9.02. The van der Waals surface area contributed by atoms with E-state index in [1.807, 2.05) is 18.2 Å². The highest BCUT2D eigenvalue weighted by Crippen LogP contribution is 2.51. The standard InChI is InChI=1S/C31H35N3O2.O3S/c1-5-20-17-25-26(19-28(20)34-10-8-23(9-11-34)33-12-14-36-15-13-33)31(2,3)27-18-21-16-22(32-4)6-7-24(21)29(27)30(25)35;1-4(2)3/h6-7,16-17,19,23H,5,8-15,18H2,1-3H3;. The number of carbonyl (C=O) groups excluding carboxylic acids is 1. The van der Waals surface area contributed by atoms with Crippen LogP contribution in [0.5, 0.6) is 0 Å². The number of morpholine rings is 1. The van der Waals surface area contributed by atoms with Crippen LogP contribution in [0.15, 0.2) is 35.9 Å². The van der Waals surface area contributed by atoms with E-state index in [0.29, 0.717) is 11.7 Å². The monoisotopic (exact) mass is 561 g/mol. The number of rotatable bonds is 3. The fourth-order valence-electron chi connectivity index (χ4n) is 6.90. The Morgan fingerprint density at radius 2 is 1.70 bits per heavy atom. The zero-order valence-corrected chi connectivity index (χ0v) is 24.1. The number of ketones is 1. The molecule has 0 saturated carbocycles. The van der Waals surface area contributed by atoms with Crippen LogP contribution in [0, 0.1) is 6.57 Å². The predicted octanol–water partition coefficient (Wildman–Crippen LogP) is 4.58. The van der Waals surface area contributed by atoms with Crippen LogP contribution < -0.4 is 4.90 Å². The molecule has 0 spiro atoms. The lowest BCUT2D eigenvalue weighted by molar-refractivity contribution is 0.0115. The number of anilines is 1. The van der Waals surface area contributed by atoms with Gasteiger partial charge in [-0.3, -0.25) is 9.69 Å². The summed E-state index contributed by atoms with van der Waals surface area (Å²) in [6.07, 6.45) is 4.02. The molecule has 0 bridgehead atoms. The first-order valence-corrected chi connectivity index (χ1v) is 15.0. The molecule has 0 amide bonds. The number of Topliss-reactive ketones (excluding diaryl/α,β-unsaturated/α-hetero) is 1. The molecule has 2 aliphatic heterocycles. The number of allylic oxidation sites excluding steroid dienone is 2. The van der Waals surface area contributed by atoms with Gasteiger partial charge in [0.05, 0.1) is 19.8 Å². The number of nitrogens with zero attached hydrogens (tertiary/aromatic N) is 3. The van der Waals surface area contributed by atoms with Crippen molar-refractivity contribution >= 4 is 33.3 Å². The van der Waals surface area contributed by atoms with Crippen LogP contribution in [0.3, 0.4) is 0 Å². The van der Waals surface area contributed by atoms with Gasteiger partial charge in [-0.15, -0.1) is 12.6 Å². The van der Waals surface area contributed by atoms with Crippen molar-refractivity contribution in [3.8, 4) is 0 Å². The minimum Gasteiger partial charge on any atom is -0.379 e. The number of aryl methyl sites for hydroxylation is 1. The maximum Gasteiger partial charge on any atom is 0.425 e. The fourth-order valence-corrected chi connectivity index (χ4v) is 6.90. The Kier molecular flexibility index (Phi) is 7.96. The van der Waals surface area contributed by atoms with Crippen molar-refractivity contribution in [1.82, 2.24) is 4.90 Å². The minimum atomic E-state index is -3.11. The molecule has 2 aliphatic carbocycles. The van der Waals surface area contributed by atoms with Gasteiger partial charge in [0.15, 0.2) is 11.5 Å². The average Bonchev–Trinajstić information content (AvgIpc) is 3.36. The highest BCUT2D eigenvalue weighted by Gasteiger charge is 2.43. The Balaban J connectivity index is 0.000000758. The molecular formula is C31H35N3O5S. The summed E-state index contributed by atoms with van der Waals surface area (Å²) >= 11 is 0. The molecule has 0 atom stereocenters. The van der Waals surface area contributed by atoms with E-state index in [-0.39, 0.29) is 11.2 Å². The van der Waals surface area contributed by atoms with E-state index in [0.717, 1.165) is 80.1 Å². The molecule has 2 aromatic carbocycles. The van der Waals surface area contributed by atoms with Crippen LogP contribution in [0.2, 0.25) is 0 Å². The third-order valence-electron chi connectivity index (χ3n) is 9.02. The normalized spacial score (nSPS) is 20.1. The lowest BCUT2D eigenvalue weighted by Gasteiger charge is -2.42. The molecule has 6 rings (SSSR count). The lowest BCUT2D eigenvalue weighted by atomic mass is 9.68. The molecule has 9 heteroatoms. The van der Waals surface area contributed by atoms with Crippen molar-refractivity contribution in [1.29, 1.82) is 0 Å². The van der Waals surface area contributed by atoms with Gasteiger partial charge in [-0.05, 0) is 65.6 Å². The molecule has 4 aliphatic rings. The van der Waals surface area contributed by atoms with Gasteiger partial charge < -0.3 is 9.64 Å². The molecule has 40 heavy (non-hydrogen) atoms. The molecule has 0 unspecified atom stereocenters. The van der Waals surface area contributed by atoms with Crippen molar-refractivity contribution in [2.45, 2.75) is 57.9 Å². The molecule has 0 radical (unpaired) electrons. The third kappa shape index (κ3) is 5.12. The molecule has 8 nitrogen and oxygen atoms in total. The SMILES string of the molecule is O=S(=O)=O.[C-]#[N+]c1ccc2c(c1)CC1=C2C(=O)c2cc(CC)c(N3CCC(N4CCOCC4)CC3)cc2C1(C)C. The van der Waals surface area contributed by atoms with Crippen LogP contribution in [0.1, 0.15) is 66.2 Å². The first kappa shape index (κ1) is 28.2. The Labute approximate surface area is 237 Å². The van der Waals surface area contributed by atoms with Crippen LogP contribution in [0.4, 0.5) is 11.4 Å². The highest BCUT2D eigenvalue weighted by molar-refractivity contribution is 7.59. The zero-order valence-electron chi connectivity index (χ0n) is 23.3. The van der Waals surface area contributed by atoms with Crippen LogP contribution in [0.25, 0.3) is 10.4 Å². The summed E-state index contributed by atoms with van der Waals surface area (Å²) in [7, 11) is -3.11. The molecule has 2 fully saturated rings. The summed E-state index contributed by atoms with van der Waals surface area (Å²) < 4.78 is 30.9. The number of piperidine rings is 1. The smallest absolute Gasteiger partial charge is 0.379 e. The van der Waals surface area contributed by atoms with Gasteiger partial charge in [-0.25, -0.2) is 4.85 Å². The van der Waals surface area contributed by atoms with Crippen LogP contribution in [-0.2, 0) is 33.6 Å². The Morgan fingerprint density at radius 1 is 1.02 bits per heavy atom. The molecule has 2 aromatic rings. The van der Waals surface area contributed by atoms with Gasteiger partial charge in [0.25, 0.3) is 0 Å². The average molecular weight is 562 g/mol. The van der Waals surface area contributed by atoms with E-state index in [4.69, 9.17) is 23.9 Å². The molecule has 2 heterocycles. The summed E-state index contributed by atoms with van der Waals surface area (Å²) in [6, 6.07) is 11.0. The summed E-state index contributed by atoms with van der Waals surface area (Å²) in [5.41, 5.74) is 9.24. The van der Waals surface area contributed by atoms with Gasteiger partial charge in [-0.1, -0.05) is 39.0 Å². The van der Waals surface area contributed by atoms with E-state index in [1.165, 1.54) is 29.7 Å². The maximum atomic E-state index is 13.9. The number of ether oxygens (including phenoxy) is 1. The molecule has 2 saturated heterocycles. The number of carbonyl (C=O) groups is 1. The van der Waals surface area contributed by atoms with Crippen LogP contribution in [-0.4, -0.2) is 68.7 Å². The van der Waals surface area contributed by atoms with Crippen molar-refractivity contribution in [2.75, 3.05) is 44.3 Å². The van der Waals surface area contributed by atoms with Gasteiger partial charge in [0.1, 0.15) is 0 Å². The second-order valence-electron chi connectivity index (χ2n) is 11.4. The zero-order chi connectivity index (χ0) is 28.6. The molecular weight excluding hydrogens is 526 g/mol.